The molecule has 0 amide bonds. The zero-order chi connectivity index (χ0) is 19.1. The normalized spacial score (nSPS) is 16.9. The first-order valence-corrected chi connectivity index (χ1v) is 10.4. The average molecular weight is 396 g/mol. The second-order valence-electron chi connectivity index (χ2n) is 7.17. The van der Waals surface area contributed by atoms with Crippen molar-refractivity contribution in [3.63, 3.8) is 0 Å². The Bertz CT molecular complexity index is 1040. The van der Waals surface area contributed by atoms with Crippen molar-refractivity contribution in [2.45, 2.75) is 25.7 Å². The molecule has 1 fully saturated rings. The first-order valence-electron chi connectivity index (χ1n) is 9.60. The Morgan fingerprint density at radius 3 is 2.57 bits per heavy atom. The predicted molar refractivity (Wildman–Crippen MR) is 109 cm³/mol. The summed E-state index contributed by atoms with van der Waals surface area (Å²) in [5, 5.41) is 12.2. The monoisotopic (exact) mass is 396 g/mol. The van der Waals surface area contributed by atoms with Crippen molar-refractivity contribution in [3.05, 3.63) is 44.8 Å². The first kappa shape index (κ1) is 17.5. The van der Waals surface area contributed by atoms with Crippen molar-refractivity contribution >= 4 is 33.1 Å². The van der Waals surface area contributed by atoms with E-state index in [-0.39, 0.29) is 10.6 Å². The van der Waals surface area contributed by atoms with E-state index in [1.54, 1.807) is 23.5 Å². The fraction of sp³-hybridized carbons (Fsp3) is 0.400. The number of aromatic nitrogens is 2. The number of hydrogen-bond donors (Lipinski definition) is 0. The number of rotatable bonds is 3. The molecule has 1 saturated heterocycles. The zero-order valence-electron chi connectivity index (χ0n) is 15.4. The maximum atomic E-state index is 11.0. The molecule has 0 radical (unpaired) electrons. The van der Waals surface area contributed by atoms with E-state index in [2.05, 4.69) is 4.90 Å². The maximum Gasteiger partial charge on any atom is 0.269 e. The highest BCUT2D eigenvalue weighted by Crippen LogP contribution is 2.41. The molecule has 3 aromatic rings. The highest BCUT2D eigenvalue weighted by molar-refractivity contribution is 7.19. The summed E-state index contributed by atoms with van der Waals surface area (Å²) in [6.45, 7) is 3.03. The Morgan fingerprint density at radius 1 is 1.07 bits per heavy atom. The predicted octanol–water partition coefficient (Wildman–Crippen LogP) is 3.98. The van der Waals surface area contributed by atoms with Crippen LogP contribution in [0.15, 0.2) is 24.3 Å². The van der Waals surface area contributed by atoms with Crippen LogP contribution in [0.1, 0.15) is 23.3 Å². The van der Waals surface area contributed by atoms with E-state index in [1.165, 1.54) is 40.8 Å². The molecule has 2 aliphatic rings. The van der Waals surface area contributed by atoms with Crippen LogP contribution in [0, 0.1) is 10.1 Å². The van der Waals surface area contributed by atoms with Gasteiger partial charge in [0.2, 0.25) is 0 Å². The molecule has 1 aliphatic heterocycles. The van der Waals surface area contributed by atoms with Crippen molar-refractivity contribution in [3.8, 4) is 11.4 Å². The molecule has 5 rings (SSSR count). The summed E-state index contributed by atoms with van der Waals surface area (Å²) in [4.78, 5) is 25.1. The minimum atomic E-state index is -0.389. The van der Waals surface area contributed by atoms with Crippen molar-refractivity contribution in [1.29, 1.82) is 0 Å². The number of thiophene rings is 1. The Morgan fingerprint density at radius 2 is 1.82 bits per heavy atom. The number of morpholine rings is 1. The lowest BCUT2D eigenvalue weighted by atomic mass is 9.97. The number of nitrogens with zero attached hydrogens (tertiary/aromatic N) is 4. The second kappa shape index (κ2) is 7.10. The van der Waals surface area contributed by atoms with Gasteiger partial charge < -0.3 is 9.64 Å². The fourth-order valence-corrected chi connectivity index (χ4v) is 5.26. The topological polar surface area (TPSA) is 81.4 Å². The number of hydrogen-bond acceptors (Lipinski definition) is 7. The molecule has 0 atom stereocenters. The average Bonchev–Trinajstić information content (AvgIpc) is 3.12. The Balaban J connectivity index is 1.67. The smallest absolute Gasteiger partial charge is 0.269 e. The molecular weight excluding hydrogens is 376 g/mol. The van der Waals surface area contributed by atoms with Gasteiger partial charge in [-0.05, 0) is 43.4 Å². The molecule has 0 bridgehead atoms. The summed E-state index contributed by atoms with van der Waals surface area (Å²) >= 11 is 1.78. The van der Waals surface area contributed by atoms with E-state index < -0.39 is 0 Å². The van der Waals surface area contributed by atoms with E-state index >= 15 is 0 Å². The molecule has 3 heterocycles. The summed E-state index contributed by atoms with van der Waals surface area (Å²) in [6.07, 6.45) is 4.65. The summed E-state index contributed by atoms with van der Waals surface area (Å²) in [6, 6.07) is 6.49. The van der Waals surface area contributed by atoms with Gasteiger partial charge in [-0.2, -0.15) is 0 Å². The van der Waals surface area contributed by atoms with Crippen LogP contribution >= 0.6 is 11.3 Å². The SMILES string of the molecule is O=[N+]([O-])c1ccc(-c2nc(N3CCOCC3)c3c4c(sc3n2)CCCC4)cc1. The molecule has 0 unspecified atom stereocenters. The van der Waals surface area contributed by atoms with Gasteiger partial charge in [-0.25, -0.2) is 9.97 Å². The number of anilines is 1. The van der Waals surface area contributed by atoms with Crippen molar-refractivity contribution in [1.82, 2.24) is 9.97 Å². The van der Waals surface area contributed by atoms with Gasteiger partial charge in [0.25, 0.3) is 5.69 Å². The van der Waals surface area contributed by atoms with Gasteiger partial charge in [0.1, 0.15) is 10.6 Å². The van der Waals surface area contributed by atoms with Crippen LogP contribution in [0.25, 0.3) is 21.6 Å². The minimum Gasteiger partial charge on any atom is -0.378 e. The molecule has 0 N–H and O–H groups in total. The summed E-state index contributed by atoms with van der Waals surface area (Å²) in [5.74, 6) is 1.61. The molecule has 1 aromatic carbocycles. The number of ether oxygens (including phenoxy) is 1. The van der Waals surface area contributed by atoms with Crippen LogP contribution < -0.4 is 4.90 Å². The van der Waals surface area contributed by atoms with Gasteiger partial charge in [0.05, 0.1) is 23.5 Å². The number of nitro groups is 1. The molecule has 144 valence electrons. The molecule has 1 aliphatic carbocycles. The van der Waals surface area contributed by atoms with E-state index in [0.29, 0.717) is 19.0 Å². The number of benzene rings is 1. The largest absolute Gasteiger partial charge is 0.378 e. The number of non-ortho nitro benzene ring substituents is 1. The lowest BCUT2D eigenvalue weighted by molar-refractivity contribution is -0.384. The van der Waals surface area contributed by atoms with E-state index in [1.807, 2.05) is 0 Å². The third-order valence-electron chi connectivity index (χ3n) is 5.44. The summed E-state index contributed by atoms with van der Waals surface area (Å²) in [5.41, 5.74) is 2.29. The first-order chi connectivity index (χ1) is 13.7. The van der Waals surface area contributed by atoms with Crippen LogP contribution in [-0.2, 0) is 17.6 Å². The highest BCUT2D eigenvalue weighted by atomic mass is 32.1. The molecule has 0 spiro atoms. The van der Waals surface area contributed by atoms with Crippen molar-refractivity contribution < 1.29 is 9.66 Å². The zero-order valence-corrected chi connectivity index (χ0v) is 16.2. The minimum absolute atomic E-state index is 0.0739. The number of nitro benzene ring substituents is 1. The van der Waals surface area contributed by atoms with Gasteiger partial charge in [0, 0.05) is 35.7 Å². The Kier molecular flexibility index (Phi) is 4.44. The molecule has 28 heavy (non-hydrogen) atoms. The lowest BCUT2D eigenvalue weighted by Gasteiger charge is -2.29. The molecule has 2 aromatic heterocycles. The molecule has 8 heteroatoms. The van der Waals surface area contributed by atoms with Crippen LogP contribution in [-0.4, -0.2) is 41.2 Å². The Hall–Kier alpha value is -2.58. The molecular formula is C20H20N4O3S. The van der Waals surface area contributed by atoms with Crippen molar-refractivity contribution in [2.75, 3.05) is 31.2 Å². The number of fused-ring (bicyclic) bond motifs is 3. The quantitative estimate of drug-likeness (QED) is 0.492. The van der Waals surface area contributed by atoms with Gasteiger partial charge in [-0.3, -0.25) is 10.1 Å². The number of aryl methyl sites for hydroxylation is 2. The standard InChI is InChI=1S/C20H20N4O3S/c25-24(26)14-7-5-13(6-8-14)18-21-19(23-9-11-27-12-10-23)17-15-3-1-2-4-16(15)28-20(17)22-18/h5-8H,1-4,9-12H2. The lowest BCUT2D eigenvalue weighted by Crippen LogP contribution is -2.37. The van der Waals surface area contributed by atoms with Gasteiger partial charge >= 0.3 is 0 Å². The highest BCUT2D eigenvalue weighted by Gasteiger charge is 2.25. The molecule has 7 nitrogen and oxygen atoms in total. The van der Waals surface area contributed by atoms with Gasteiger partial charge in [-0.1, -0.05) is 0 Å². The van der Waals surface area contributed by atoms with Crippen LogP contribution in [0.3, 0.4) is 0 Å². The Labute approximate surface area is 166 Å². The summed E-state index contributed by atoms with van der Waals surface area (Å²) < 4.78 is 5.53. The van der Waals surface area contributed by atoms with Crippen LogP contribution in [0.5, 0.6) is 0 Å². The maximum absolute atomic E-state index is 11.0. The van der Waals surface area contributed by atoms with E-state index in [9.17, 15) is 10.1 Å². The van der Waals surface area contributed by atoms with E-state index in [4.69, 9.17) is 14.7 Å². The van der Waals surface area contributed by atoms with E-state index in [0.717, 1.165) is 42.1 Å². The third kappa shape index (κ3) is 3.02. The van der Waals surface area contributed by atoms with Crippen molar-refractivity contribution in [2.24, 2.45) is 0 Å². The van der Waals surface area contributed by atoms with Gasteiger partial charge in [-0.15, -0.1) is 11.3 Å². The summed E-state index contributed by atoms with van der Waals surface area (Å²) in [7, 11) is 0. The second-order valence-corrected chi connectivity index (χ2v) is 8.25. The van der Waals surface area contributed by atoms with Crippen LogP contribution in [0.4, 0.5) is 11.5 Å². The third-order valence-corrected chi connectivity index (χ3v) is 6.63. The fourth-order valence-electron chi connectivity index (χ4n) is 4.00. The molecule has 0 saturated carbocycles. The van der Waals surface area contributed by atoms with Gasteiger partial charge in [0.15, 0.2) is 5.82 Å². The van der Waals surface area contributed by atoms with Crippen LogP contribution in [0.2, 0.25) is 0 Å².